The predicted molar refractivity (Wildman–Crippen MR) is 145 cm³/mol. The van der Waals surface area contributed by atoms with Crippen LogP contribution in [0, 0.1) is 6.92 Å². The van der Waals surface area contributed by atoms with Gasteiger partial charge in [0.1, 0.15) is 12.3 Å². The van der Waals surface area contributed by atoms with Crippen LogP contribution < -0.4 is 9.47 Å². The van der Waals surface area contributed by atoms with Gasteiger partial charge in [0.2, 0.25) is 0 Å². The summed E-state index contributed by atoms with van der Waals surface area (Å²) in [6.07, 6.45) is 1.70. The molecule has 0 radical (unpaired) electrons. The molecule has 0 saturated heterocycles. The van der Waals surface area contributed by atoms with Gasteiger partial charge in [0, 0.05) is 24.7 Å². The number of aromatic nitrogens is 2. The third kappa shape index (κ3) is 4.62. The Morgan fingerprint density at radius 1 is 1.00 bits per heavy atom. The summed E-state index contributed by atoms with van der Waals surface area (Å²) < 4.78 is 13.5. The highest BCUT2D eigenvalue weighted by atomic mass is 16.5. The Kier molecular flexibility index (Phi) is 6.82. The molecule has 0 fully saturated rings. The number of hydrogen-bond donors (Lipinski definition) is 0. The van der Waals surface area contributed by atoms with E-state index in [9.17, 15) is 4.79 Å². The van der Waals surface area contributed by atoms with Crippen LogP contribution in [0.15, 0.2) is 85.5 Å². The molecule has 6 heteroatoms. The Morgan fingerprint density at radius 3 is 2.46 bits per heavy atom. The Labute approximate surface area is 217 Å². The Hall–Kier alpha value is -4.32. The molecule has 0 saturated carbocycles. The fourth-order valence-corrected chi connectivity index (χ4v) is 4.91. The minimum absolute atomic E-state index is 0.0397. The third-order valence-corrected chi connectivity index (χ3v) is 6.59. The molecule has 3 aromatic carbocycles. The van der Waals surface area contributed by atoms with E-state index < -0.39 is 0 Å². The molecule has 0 bridgehead atoms. The Bertz CT molecular complexity index is 1420. The fourth-order valence-electron chi connectivity index (χ4n) is 4.91. The van der Waals surface area contributed by atoms with Crippen LogP contribution >= 0.6 is 0 Å². The second kappa shape index (κ2) is 10.3. The smallest absolute Gasteiger partial charge is 0.273 e. The molecule has 6 nitrogen and oxygen atoms in total. The first kappa shape index (κ1) is 24.4. The van der Waals surface area contributed by atoms with Crippen LogP contribution in [-0.4, -0.2) is 33.8 Å². The number of benzene rings is 3. The van der Waals surface area contributed by atoms with Crippen molar-refractivity contribution in [2.24, 2.45) is 7.05 Å². The van der Waals surface area contributed by atoms with Crippen molar-refractivity contribution in [2.45, 2.75) is 26.4 Å². The summed E-state index contributed by atoms with van der Waals surface area (Å²) >= 11 is 0. The molecular weight excluding hydrogens is 462 g/mol. The average molecular weight is 494 g/mol. The van der Waals surface area contributed by atoms with E-state index in [1.807, 2.05) is 67.4 Å². The maximum absolute atomic E-state index is 13.9. The van der Waals surface area contributed by atoms with Gasteiger partial charge in [-0.2, -0.15) is 5.10 Å². The van der Waals surface area contributed by atoms with E-state index in [4.69, 9.17) is 14.6 Å². The molecule has 2 heterocycles. The molecule has 5 rings (SSSR count). The van der Waals surface area contributed by atoms with Gasteiger partial charge in [0.15, 0.2) is 11.5 Å². The van der Waals surface area contributed by atoms with Crippen LogP contribution in [-0.2, 0) is 13.6 Å². The van der Waals surface area contributed by atoms with Crippen LogP contribution in [0.4, 0.5) is 0 Å². The molecule has 1 amide bonds. The van der Waals surface area contributed by atoms with Crippen molar-refractivity contribution in [3.63, 3.8) is 0 Å². The summed E-state index contributed by atoms with van der Waals surface area (Å²) in [7, 11) is 1.84. The van der Waals surface area contributed by atoms with Crippen molar-refractivity contribution in [3.05, 3.63) is 113 Å². The first-order chi connectivity index (χ1) is 18.0. The zero-order valence-electron chi connectivity index (χ0n) is 21.5. The second-order valence-electron chi connectivity index (χ2n) is 9.16. The quantitative estimate of drug-likeness (QED) is 0.264. The van der Waals surface area contributed by atoms with Gasteiger partial charge in [0.05, 0.1) is 18.3 Å². The number of rotatable bonds is 9. The molecule has 0 spiro atoms. The molecule has 188 valence electrons. The minimum atomic E-state index is -0.333. The van der Waals surface area contributed by atoms with Crippen molar-refractivity contribution < 1.29 is 14.3 Å². The lowest BCUT2D eigenvalue weighted by molar-refractivity contribution is 0.0725. The maximum atomic E-state index is 13.9. The van der Waals surface area contributed by atoms with Gasteiger partial charge in [-0.3, -0.25) is 9.48 Å². The number of carbonyl (C=O) groups excluding carboxylic acids is 1. The van der Waals surface area contributed by atoms with Gasteiger partial charge in [-0.1, -0.05) is 78.9 Å². The van der Waals surface area contributed by atoms with E-state index in [1.54, 1.807) is 10.8 Å². The number of fused-ring (bicyclic) bond motifs is 1. The minimum Gasteiger partial charge on any atom is -0.490 e. The van der Waals surface area contributed by atoms with Gasteiger partial charge in [-0.25, -0.2) is 0 Å². The standard InChI is InChI=1S/C31H31N3O3/c1-5-18-37-25-17-16-24(19-26(25)36-6-2)29-27-28(23-14-12-21(3)13-15-23)32-33(4)30(27)31(35)34(29)20-22-10-8-7-9-11-22/h5,7-17,19,29H,1,6,18,20H2,2-4H3/t29-/m1/s1. The highest BCUT2D eigenvalue weighted by Crippen LogP contribution is 2.46. The third-order valence-electron chi connectivity index (χ3n) is 6.59. The lowest BCUT2D eigenvalue weighted by Gasteiger charge is -2.27. The molecule has 1 atom stereocenters. The second-order valence-corrected chi connectivity index (χ2v) is 9.16. The van der Waals surface area contributed by atoms with E-state index in [0.717, 1.165) is 27.9 Å². The van der Waals surface area contributed by atoms with Gasteiger partial charge in [-0.05, 0) is 37.1 Å². The van der Waals surface area contributed by atoms with Crippen LogP contribution in [0.5, 0.6) is 11.5 Å². The van der Waals surface area contributed by atoms with E-state index in [-0.39, 0.29) is 11.9 Å². The normalized spacial score (nSPS) is 14.5. The predicted octanol–water partition coefficient (Wildman–Crippen LogP) is 6.10. The monoisotopic (exact) mass is 493 g/mol. The molecular formula is C31H31N3O3. The van der Waals surface area contributed by atoms with E-state index in [0.29, 0.717) is 37.0 Å². The van der Waals surface area contributed by atoms with E-state index >= 15 is 0 Å². The number of hydrogen-bond acceptors (Lipinski definition) is 4. The summed E-state index contributed by atoms with van der Waals surface area (Å²) in [5.74, 6) is 1.25. The highest BCUT2D eigenvalue weighted by molar-refractivity contribution is 6.00. The first-order valence-corrected chi connectivity index (χ1v) is 12.5. The number of nitrogens with zero attached hydrogens (tertiary/aromatic N) is 3. The Morgan fingerprint density at radius 2 is 1.76 bits per heavy atom. The maximum Gasteiger partial charge on any atom is 0.273 e. The lowest BCUT2D eigenvalue weighted by atomic mass is 9.95. The van der Waals surface area contributed by atoms with Crippen molar-refractivity contribution in [2.75, 3.05) is 13.2 Å². The van der Waals surface area contributed by atoms with Crippen molar-refractivity contribution in [3.8, 4) is 22.8 Å². The highest BCUT2D eigenvalue weighted by Gasteiger charge is 2.43. The average Bonchev–Trinajstić information content (AvgIpc) is 3.39. The van der Waals surface area contributed by atoms with Crippen LogP contribution in [0.2, 0.25) is 0 Å². The molecule has 0 N–H and O–H groups in total. The summed E-state index contributed by atoms with van der Waals surface area (Å²) in [5, 5.41) is 4.82. The number of carbonyl (C=O) groups is 1. The topological polar surface area (TPSA) is 56.6 Å². The molecule has 1 aromatic heterocycles. The summed E-state index contributed by atoms with van der Waals surface area (Å²) in [4.78, 5) is 15.8. The summed E-state index contributed by atoms with van der Waals surface area (Å²) in [5.41, 5.74) is 6.50. The zero-order valence-corrected chi connectivity index (χ0v) is 21.5. The van der Waals surface area contributed by atoms with E-state index in [1.165, 1.54) is 5.56 Å². The number of ether oxygens (including phenoxy) is 2. The molecule has 4 aromatic rings. The molecule has 1 aliphatic heterocycles. The number of amides is 1. The molecule has 37 heavy (non-hydrogen) atoms. The molecule has 0 aliphatic carbocycles. The van der Waals surface area contributed by atoms with E-state index in [2.05, 4.69) is 37.8 Å². The Balaban J connectivity index is 1.67. The van der Waals surface area contributed by atoms with Gasteiger partial charge >= 0.3 is 0 Å². The first-order valence-electron chi connectivity index (χ1n) is 12.5. The number of aryl methyl sites for hydroxylation is 2. The molecule has 0 unspecified atom stereocenters. The van der Waals surface area contributed by atoms with Gasteiger partial charge in [0.25, 0.3) is 5.91 Å². The van der Waals surface area contributed by atoms with Crippen LogP contribution in [0.25, 0.3) is 11.3 Å². The van der Waals surface area contributed by atoms with Gasteiger partial charge in [-0.15, -0.1) is 0 Å². The fraction of sp³-hybridized carbons (Fsp3) is 0.226. The van der Waals surface area contributed by atoms with Gasteiger partial charge < -0.3 is 14.4 Å². The van der Waals surface area contributed by atoms with Crippen LogP contribution in [0.3, 0.4) is 0 Å². The lowest BCUT2D eigenvalue weighted by Crippen LogP contribution is -2.29. The SMILES string of the molecule is C=CCOc1ccc([C@@H]2c3c(-c4ccc(C)cc4)nn(C)c3C(=O)N2Cc2ccccc2)cc1OCC. The van der Waals surface area contributed by atoms with Crippen molar-refractivity contribution in [1.29, 1.82) is 0 Å². The zero-order chi connectivity index (χ0) is 25.9. The largest absolute Gasteiger partial charge is 0.490 e. The van der Waals surface area contributed by atoms with Crippen molar-refractivity contribution >= 4 is 5.91 Å². The summed E-state index contributed by atoms with van der Waals surface area (Å²) in [6, 6.07) is 23.9. The van der Waals surface area contributed by atoms with Crippen LogP contribution in [0.1, 0.15) is 45.7 Å². The summed E-state index contributed by atoms with van der Waals surface area (Å²) in [6.45, 7) is 9.10. The van der Waals surface area contributed by atoms with Crippen molar-refractivity contribution in [1.82, 2.24) is 14.7 Å². The molecule has 1 aliphatic rings.